The van der Waals surface area contributed by atoms with Crippen molar-refractivity contribution in [3.05, 3.63) is 77.2 Å². The fourth-order valence-corrected chi connectivity index (χ4v) is 2.13. The van der Waals surface area contributed by atoms with Crippen LogP contribution in [0.1, 0.15) is 16.2 Å². The van der Waals surface area contributed by atoms with Crippen molar-refractivity contribution in [3.8, 4) is 11.5 Å². The molecule has 0 saturated heterocycles. The standard InChI is InChI=1S/C18H13ClN4O2/c19-15(11-13-7-3-1-4-8-13)12-20-21-16(24)18-23-22-17(25-18)14-9-5-2-6-10-14/h1-12H,(H,21,24). The van der Waals surface area contributed by atoms with Crippen molar-refractivity contribution in [1.29, 1.82) is 0 Å². The largest absolute Gasteiger partial charge is 0.412 e. The van der Waals surface area contributed by atoms with Gasteiger partial charge in [-0.1, -0.05) is 60.1 Å². The highest BCUT2D eigenvalue weighted by atomic mass is 35.5. The van der Waals surface area contributed by atoms with Crippen molar-refractivity contribution in [2.75, 3.05) is 0 Å². The molecule has 0 saturated carbocycles. The first-order chi connectivity index (χ1) is 12.2. The van der Waals surface area contributed by atoms with Crippen LogP contribution in [0.4, 0.5) is 0 Å². The summed E-state index contributed by atoms with van der Waals surface area (Å²) in [6.45, 7) is 0. The minimum Gasteiger partial charge on any atom is -0.412 e. The number of amides is 1. The molecule has 0 bridgehead atoms. The van der Waals surface area contributed by atoms with Gasteiger partial charge in [0.25, 0.3) is 0 Å². The Morgan fingerprint density at radius 1 is 1.04 bits per heavy atom. The predicted molar refractivity (Wildman–Crippen MR) is 96.0 cm³/mol. The number of carbonyl (C=O) groups is 1. The predicted octanol–water partition coefficient (Wildman–Crippen LogP) is 3.73. The molecule has 0 fully saturated rings. The molecule has 0 aliphatic carbocycles. The molecule has 25 heavy (non-hydrogen) atoms. The van der Waals surface area contributed by atoms with Gasteiger partial charge in [0.2, 0.25) is 5.89 Å². The SMILES string of the molecule is O=C(NN=CC(Cl)=Cc1ccccc1)c1nnc(-c2ccccc2)o1. The Morgan fingerprint density at radius 3 is 2.44 bits per heavy atom. The van der Waals surface area contributed by atoms with Gasteiger partial charge in [-0.05, 0) is 23.8 Å². The van der Waals surface area contributed by atoms with Crippen LogP contribution in [0.5, 0.6) is 0 Å². The Balaban J connectivity index is 1.61. The van der Waals surface area contributed by atoms with Gasteiger partial charge < -0.3 is 4.42 Å². The van der Waals surface area contributed by atoms with Crippen LogP contribution in [0, 0.1) is 0 Å². The third-order valence-electron chi connectivity index (χ3n) is 3.10. The zero-order valence-corrected chi connectivity index (χ0v) is 13.7. The van der Waals surface area contributed by atoms with Crippen LogP contribution in [-0.2, 0) is 0 Å². The van der Waals surface area contributed by atoms with E-state index in [1.807, 2.05) is 60.7 Å². The van der Waals surface area contributed by atoms with E-state index >= 15 is 0 Å². The summed E-state index contributed by atoms with van der Waals surface area (Å²) in [6.07, 6.45) is 3.04. The summed E-state index contributed by atoms with van der Waals surface area (Å²) in [7, 11) is 0. The first-order valence-electron chi connectivity index (χ1n) is 7.37. The van der Waals surface area contributed by atoms with Gasteiger partial charge in [0.1, 0.15) is 0 Å². The molecule has 0 atom stereocenters. The number of rotatable bonds is 5. The van der Waals surface area contributed by atoms with Crippen molar-refractivity contribution in [2.45, 2.75) is 0 Å². The lowest BCUT2D eigenvalue weighted by Crippen LogP contribution is -2.17. The van der Waals surface area contributed by atoms with Crippen LogP contribution in [0.25, 0.3) is 17.5 Å². The lowest BCUT2D eigenvalue weighted by Gasteiger charge is -1.95. The monoisotopic (exact) mass is 352 g/mol. The molecule has 1 heterocycles. The third kappa shape index (κ3) is 4.62. The summed E-state index contributed by atoms with van der Waals surface area (Å²) < 4.78 is 5.33. The van der Waals surface area contributed by atoms with E-state index in [4.69, 9.17) is 16.0 Å². The lowest BCUT2D eigenvalue weighted by atomic mass is 10.2. The molecule has 7 heteroatoms. The summed E-state index contributed by atoms with van der Waals surface area (Å²) in [5.74, 6) is -0.536. The molecule has 1 aromatic heterocycles. The van der Waals surface area contributed by atoms with Gasteiger partial charge in [0.15, 0.2) is 0 Å². The van der Waals surface area contributed by atoms with Gasteiger partial charge in [-0.3, -0.25) is 4.79 Å². The molecule has 0 radical (unpaired) electrons. The Morgan fingerprint density at radius 2 is 1.72 bits per heavy atom. The number of allylic oxidation sites excluding steroid dienone is 1. The highest BCUT2D eigenvalue weighted by Gasteiger charge is 2.14. The van der Waals surface area contributed by atoms with Crippen molar-refractivity contribution in [3.63, 3.8) is 0 Å². The van der Waals surface area contributed by atoms with Crippen LogP contribution >= 0.6 is 11.6 Å². The molecule has 1 N–H and O–H groups in total. The Hall–Kier alpha value is -3.25. The summed E-state index contributed by atoms with van der Waals surface area (Å²) in [6, 6.07) is 18.7. The number of nitrogens with zero attached hydrogens (tertiary/aromatic N) is 3. The normalized spacial score (nSPS) is 11.6. The first kappa shape index (κ1) is 16.6. The Kier molecular flexibility index (Phi) is 5.33. The first-order valence-corrected chi connectivity index (χ1v) is 7.75. The van der Waals surface area contributed by atoms with Crippen molar-refractivity contribution in [1.82, 2.24) is 15.6 Å². The van der Waals surface area contributed by atoms with Gasteiger partial charge in [0, 0.05) is 5.56 Å². The second-order valence-electron chi connectivity index (χ2n) is 4.92. The lowest BCUT2D eigenvalue weighted by molar-refractivity contribution is 0.0921. The van der Waals surface area contributed by atoms with Gasteiger partial charge in [0.05, 0.1) is 11.2 Å². The third-order valence-corrected chi connectivity index (χ3v) is 3.30. The molecule has 6 nitrogen and oxygen atoms in total. The number of hydrogen-bond donors (Lipinski definition) is 1. The molecule has 0 spiro atoms. The van der Waals surface area contributed by atoms with Gasteiger partial charge in [-0.15, -0.1) is 10.2 Å². The second kappa shape index (κ2) is 8.03. The van der Waals surface area contributed by atoms with Crippen LogP contribution in [0.2, 0.25) is 0 Å². The zero-order chi connectivity index (χ0) is 17.5. The van der Waals surface area contributed by atoms with Crippen LogP contribution in [0.15, 0.2) is 75.2 Å². The second-order valence-corrected chi connectivity index (χ2v) is 5.35. The van der Waals surface area contributed by atoms with E-state index < -0.39 is 5.91 Å². The maximum Gasteiger partial charge on any atom is 0.328 e. The van der Waals surface area contributed by atoms with E-state index in [1.165, 1.54) is 6.21 Å². The van der Waals surface area contributed by atoms with Crippen molar-refractivity contribution < 1.29 is 9.21 Å². The molecule has 124 valence electrons. The summed E-state index contributed by atoms with van der Waals surface area (Å²) >= 11 is 6.04. The molecular formula is C18H13ClN4O2. The molecule has 0 aliphatic rings. The number of hydrazone groups is 1. The molecular weight excluding hydrogens is 340 g/mol. The highest BCUT2D eigenvalue weighted by molar-refractivity contribution is 6.41. The quantitative estimate of drug-likeness (QED) is 0.560. The molecule has 0 unspecified atom stereocenters. The molecule has 2 aromatic carbocycles. The molecule has 0 aliphatic heterocycles. The average molecular weight is 353 g/mol. The number of nitrogens with one attached hydrogen (secondary N) is 1. The minimum atomic E-state index is -0.616. The Bertz CT molecular complexity index is 905. The van der Waals surface area contributed by atoms with E-state index in [0.29, 0.717) is 5.03 Å². The smallest absolute Gasteiger partial charge is 0.328 e. The molecule has 3 aromatic rings. The fourth-order valence-electron chi connectivity index (χ4n) is 1.96. The summed E-state index contributed by atoms with van der Waals surface area (Å²) in [5, 5.41) is 11.7. The van der Waals surface area contributed by atoms with E-state index in [2.05, 4.69) is 20.7 Å². The summed E-state index contributed by atoms with van der Waals surface area (Å²) in [4.78, 5) is 11.9. The van der Waals surface area contributed by atoms with Gasteiger partial charge >= 0.3 is 11.8 Å². The summed E-state index contributed by atoms with van der Waals surface area (Å²) in [5.41, 5.74) is 3.94. The van der Waals surface area contributed by atoms with Crippen LogP contribution in [0.3, 0.4) is 0 Å². The van der Waals surface area contributed by atoms with E-state index in [9.17, 15) is 4.79 Å². The molecule has 3 rings (SSSR count). The number of aromatic nitrogens is 2. The fraction of sp³-hybridized carbons (Fsp3) is 0. The van der Waals surface area contributed by atoms with Gasteiger partial charge in [-0.25, -0.2) is 5.43 Å². The van der Waals surface area contributed by atoms with E-state index in [1.54, 1.807) is 6.08 Å². The van der Waals surface area contributed by atoms with Gasteiger partial charge in [-0.2, -0.15) is 5.10 Å². The maximum atomic E-state index is 11.9. The number of halogens is 1. The number of benzene rings is 2. The average Bonchev–Trinajstić information content (AvgIpc) is 3.13. The van der Waals surface area contributed by atoms with Crippen LogP contribution < -0.4 is 5.43 Å². The highest BCUT2D eigenvalue weighted by Crippen LogP contribution is 2.16. The maximum absolute atomic E-state index is 11.9. The van der Waals surface area contributed by atoms with Crippen LogP contribution in [-0.4, -0.2) is 22.3 Å². The van der Waals surface area contributed by atoms with Crippen molar-refractivity contribution >= 4 is 29.8 Å². The number of hydrogen-bond acceptors (Lipinski definition) is 5. The van der Waals surface area contributed by atoms with E-state index in [0.717, 1.165) is 11.1 Å². The van der Waals surface area contributed by atoms with E-state index in [-0.39, 0.29) is 11.8 Å². The topological polar surface area (TPSA) is 80.4 Å². The van der Waals surface area contributed by atoms with Crippen molar-refractivity contribution in [2.24, 2.45) is 5.10 Å². The minimum absolute atomic E-state index is 0.181. The molecule has 1 amide bonds. The zero-order valence-electron chi connectivity index (χ0n) is 13.0. The number of carbonyl (C=O) groups excluding carboxylic acids is 1. The Labute approximate surface area is 148 Å².